The molecule has 0 radical (unpaired) electrons. The first kappa shape index (κ1) is 15.3. The van der Waals surface area contributed by atoms with Crippen LogP contribution in [0.3, 0.4) is 0 Å². The summed E-state index contributed by atoms with van der Waals surface area (Å²) in [7, 11) is 0. The van der Waals surface area contributed by atoms with Gasteiger partial charge in [0, 0.05) is 6.54 Å². The molecular formula is C14H22ClN3O2. The number of nitrogens with one attached hydrogen (secondary N) is 1. The van der Waals surface area contributed by atoms with Crippen LogP contribution in [0.15, 0.2) is 11.0 Å². The standard InChI is InChI=1S/C14H22ClN3O2/c1-9(2)8-18-14(20)13(15)11(7-16-18)17-10-5-3-4-6-12(10)19/h7,9-10,12,17,19H,3-6,8H2,1-2H3. The summed E-state index contributed by atoms with van der Waals surface area (Å²) in [5.74, 6) is 0.329. The minimum Gasteiger partial charge on any atom is -0.391 e. The van der Waals surface area contributed by atoms with Crippen molar-refractivity contribution in [2.75, 3.05) is 5.32 Å². The summed E-state index contributed by atoms with van der Waals surface area (Å²) in [6.07, 6.45) is 4.97. The molecule has 1 aromatic rings. The molecule has 1 heterocycles. The zero-order valence-electron chi connectivity index (χ0n) is 12.0. The second-order valence-electron chi connectivity index (χ2n) is 5.86. The Morgan fingerprint density at radius 2 is 2.20 bits per heavy atom. The number of rotatable bonds is 4. The predicted molar refractivity (Wildman–Crippen MR) is 80.2 cm³/mol. The highest BCUT2D eigenvalue weighted by Gasteiger charge is 2.24. The van der Waals surface area contributed by atoms with Gasteiger partial charge in [-0.1, -0.05) is 38.3 Å². The number of hydrogen-bond acceptors (Lipinski definition) is 4. The third kappa shape index (κ3) is 3.52. The first-order valence-electron chi connectivity index (χ1n) is 7.19. The highest BCUT2D eigenvalue weighted by molar-refractivity contribution is 6.32. The van der Waals surface area contributed by atoms with Crippen LogP contribution in [-0.4, -0.2) is 27.0 Å². The molecule has 0 bridgehead atoms. The van der Waals surface area contributed by atoms with E-state index in [1.807, 2.05) is 13.8 Å². The maximum absolute atomic E-state index is 12.1. The first-order chi connectivity index (χ1) is 9.49. The molecule has 1 fully saturated rings. The summed E-state index contributed by atoms with van der Waals surface area (Å²) < 4.78 is 1.38. The Kier molecular flexibility index (Phi) is 5.05. The van der Waals surface area contributed by atoms with Gasteiger partial charge in [0.25, 0.3) is 5.56 Å². The van der Waals surface area contributed by atoms with Gasteiger partial charge in [0.15, 0.2) is 0 Å². The molecule has 0 aliphatic heterocycles. The average Bonchev–Trinajstić information content (AvgIpc) is 2.40. The summed E-state index contributed by atoms with van der Waals surface area (Å²) in [6, 6.07) is -0.0524. The van der Waals surface area contributed by atoms with Crippen molar-refractivity contribution in [1.82, 2.24) is 9.78 Å². The molecule has 2 unspecified atom stereocenters. The van der Waals surface area contributed by atoms with Gasteiger partial charge in [0.05, 0.1) is 24.0 Å². The van der Waals surface area contributed by atoms with E-state index >= 15 is 0 Å². The third-order valence-electron chi connectivity index (χ3n) is 3.59. The Bertz CT molecular complexity index is 516. The number of aromatic nitrogens is 2. The summed E-state index contributed by atoms with van der Waals surface area (Å²) in [6.45, 7) is 4.59. The second kappa shape index (κ2) is 6.59. The molecule has 1 aliphatic carbocycles. The van der Waals surface area contributed by atoms with Gasteiger partial charge in [0.2, 0.25) is 0 Å². The van der Waals surface area contributed by atoms with Crippen molar-refractivity contribution in [2.45, 2.75) is 58.2 Å². The highest BCUT2D eigenvalue weighted by atomic mass is 35.5. The van der Waals surface area contributed by atoms with Crippen molar-refractivity contribution in [3.05, 3.63) is 21.6 Å². The van der Waals surface area contributed by atoms with Crippen molar-refractivity contribution in [3.8, 4) is 0 Å². The molecular weight excluding hydrogens is 278 g/mol. The van der Waals surface area contributed by atoms with Gasteiger partial charge in [-0.15, -0.1) is 0 Å². The number of anilines is 1. The predicted octanol–water partition coefficient (Wildman–Crippen LogP) is 2.27. The van der Waals surface area contributed by atoms with E-state index in [0.717, 1.165) is 25.7 Å². The monoisotopic (exact) mass is 299 g/mol. The van der Waals surface area contributed by atoms with E-state index in [2.05, 4.69) is 10.4 Å². The van der Waals surface area contributed by atoms with Crippen molar-refractivity contribution in [3.63, 3.8) is 0 Å². The zero-order chi connectivity index (χ0) is 14.7. The fourth-order valence-electron chi connectivity index (χ4n) is 2.52. The van der Waals surface area contributed by atoms with E-state index in [1.165, 1.54) is 4.68 Å². The topological polar surface area (TPSA) is 67.2 Å². The van der Waals surface area contributed by atoms with Gasteiger partial charge in [-0.25, -0.2) is 4.68 Å². The molecule has 0 saturated heterocycles. The molecule has 1 saturated carbocycles. The minimum absolute atomic E-state index is 0.0524. The maximum atomic E-state index is 12.1. The largest absolute Gasteiger partial charge is 0.391 e. The zero-order valence-corrected chi connectivity index (χ0v) is 12.7. The molecule has 0 aromatic carbocycles. The Morgan fingerprint density at radius 3 is 2.85 bits per heavy atom. The van der Waals surface area contributed by atoms with Gasteiger partial charge in [-0.05, 0) is 18.8 Å². The van der Waals surface area contributed by atoms with Gasteiger partial charge in [-0.2, -0.15) is 5.10 Å². The van der Waals surface area contributed by atoms with Crippen LogP contribution >= 0.6 is 11.6 Å². The van der Waals surface area contributed by atoms with Crippen LogP contribution in [0.25, 0.3) is 0 Å². The Morgan fingerprint density at radius 1 is 1.50 bits per heavy atom. The van der Waals surface area contributed by atoms with E-state index < -0.39 is 6.10 Å². The quantitative estimate of drug-likeness (QED) is 0.895. The van der Waals surface area contributed by atoms with E-state index in [1.54, 1.807) is 6.20 Å². The Labute approximate surface area is 124 Å². The smallest absolute Gasteiger partial charge is 0.287 e. The molecule has 2 N–H and O–H groups in total. The lowest BCUT2D eigenvalue weighted by Gasteiger charge is -2.29. The van der Waals surface area contributed by atoms with Crippen LogP contribution in [-0.2, 0) is 6.54 Å². The lowest BCUT2D eigenvalue weighted by Crippen LogP contribution is -2.37. The lowest BCUT2D eigenvalue weighted by molar-refractivity contribution is 0.116. The third-order valence-corrected chi connectivity index (χ3v) is 3.96. The molecule has 6 heteroatoms. The average molecular weight is 300 g/mol. The Hall–Kier alpha value is -1.07. The molecule has 0 amide bonds. The molecule has 1 aliphatic rings. The van der Waals surface area contributed by atoms with Crippen LogP contribution in [0.4, 0.5) is 5.69 Å². The number of aliphatic hydroxyl groups excluding tert-OH is 1. The molecule has 1 aromatic heterocycles. The molecule has 20 heavy (non-hydrogen) atoms. The molecule has 2 atom stereocenters. The highest BCUT2D eigenvalue weighted by Crippen LogP contribution is 2.24. The summed E-state index contributed by atoms with van der Waals surface area (Å²) >= 11 is 6.13. The van der Waals surface area contributed by atoms with Gasteiger partial charge < -0.3 is 10.4 Å². The summed E-state index contributed by atoms with van der Waals surface area (Å²) in [5, 5.41) is 17.4. The van der Waals surface area contributed by atoms with Crippen LogP contribution in [0.2, 0.25) is 5.02 Å². The number of halogens is 1. The Balaban J connectivity index is 2.16. The van der Waals surface area contributed by atoms with E-state index in [-0.39, 0.29) is 16.6 Å². The SMILES string of the molecule is CC(C)Cn1ncc(NC2CCCCC2O)c(Cl)c1=O. The van der Waals surface area contributed by atoms with Crippen molar-refractivity contribution >= 4 is 17.3 Å². The number of nitrogens with zero attached hydrogens (tertiary/aromatic N) is 2. The van der Waals surface area contributed by atoms with Crippen molar-refractivity contribution < 1.29 is 5.11 Å². The number of hydrogen-bond donors (Lipinski definition) is 2. The minimum atomic E-state index is -0.391. The second-order valence-corrected chi connectivity index (χ2v) is 6.23. The molecule has 0 spiro atoms. The first-order valence-corrected chi connectivity index (χ1v) is 7.57. The summed E-state index contributed by atoms with van der Waals surface area (Å²) in [4.78, 5) is 12.1. The molecule has 5 nitrogen and oxygen atoms in total. The lowest BCUT2D eigenvalue weighted by atomic mass is 9.92. The molecule has 2 rings (SSSR count). The molecule has 112 valence electrons. The summed E-state index contributed by atoms with van der Waals surface area (Å²) in [5.41, 5.74) is 0.235. The van der Waals surface area contributed by atoms with Crippen LogP contribution in [0.5, 0.6) is 0 Å². The van der Waals surface area contributed by atoms with E-state index in [4.69, 9.17) is 11.6 Å². The maximum Gasteiger partial charge on any atom is 0.287 e. The van der Waals surface area contributed by atoms with Gasteiger partial charge in [-0.3, -0.25) is 4.79 Å². The van der Waals surface area contributed by atoms with E-state index in [0.29, 0.717) is 18.2 Å². The normalized spacial score (nSPS) is 23.1. The van der Waals surface area contributed by atoms with Gasteiger partial charge in [0.1, 0.15) is 5.02 Å². The van der Waals surface area contributed by atoms with Crippen LogP contribution in [0.1, 0.15) is 39.5 Å². The fraction of sp³-hybridized carbons (Fsp3) is 0.714. The van der Waals surface area contributed by atoms with Crippen LogP contribution < -0.4 is 10.9 Å². The van der Waals surface area contributed by atoms with Gasteiger partial charge >= 0.3 is 0 Å². The fourth-order valence-corrected chi connectivity index (χ4v) is 2.72. The van der Waals surface area contributed by atoms with E-state index in [9.17, 15) is 9.90 Å². The van der Waals surface area contributed by atoms with Crippen LogP contribution in [0, 0.1) is 5.92 Å². The van der Waals surface area contributed by atoms with Crippen molar-refractivity contribution in [2.24, 2.45) is 5.92 Å². The van der Waals surface area contributed by atoms with Crippen molar-refractivity contribution in [1.29, 1.82) is 0 Å². The number of aliphatic hydroxyl groups is 1.